The number of halogens is 1. The maximum absolute atomic E-state index is 13.6. The molecule has 2 aromatic carbocycles. The first-order chi connectivity index (χ1) is 10.9. The molecule has 0 unspecified atom stereocenters. The molecule has 0 atom stereocenters. The summed E-state index contributed by atoms with van der Waals surface area (Å²) in [5.74, 6) is 0. The second kappa shape index (κ2) is 5.40. The van der Waals surface area contributed by atoms with Crippen LogP contribution in [0.25, 0.3) is 22.2 Å². The van der Waals surface area contributed by atoms with Crippen molar-refractivity contribution in [3.05, 3.63) is 64.7 Å². The van der Waals surface area contributed by atoms with Crippen LogP contribution in [0.3, 0.4) is 0 Å². The molecule has 0 aliphatic heterocycles. The van der Waals surface area contributed by atoms with Crippen LogP contribution in [0, 0.1) is 10.1 Å². The molecule has 0 N–H and O–H groups in total. The summed E-state index contributed by atoms with van der Waals surface area (Å²) in [5.41, 5.74) is 0.533. The normalized spacial score (nSPS) is 11.5. The molecule has 1 aromatic heterocycles. The van der Waals surface area contributed by atoms with Crippen LogP contribution in [-0.4, -0.2) is 18.3 Å². The summed E-state index contributed by atoms with van der Waals surface area (Å²) in [5, 5.41) is 11.2. The average molecular weight is 332 g/mol. The molecule has 0 saturated heterocycles. The molecule has 0 aliphatic rings. The van der Waals surface area contributed by atoms with Gasteiger partial charge in [0.2, 0.25) is 0 Å². The average Bonchev–Trinajstić information content (AvgIpc) is 2.53. The minimum absolute atomic E-state index is 0.0823. The summed E-state index contributed by atoms with van der Waals surface area (Å²) in [7, 11) is -5.00. The molecular weight excluding hydrogens is 323 g/mol. The van der Waals surface area contributed by atoms with Gasteiger partial charge in [-0.1, -0.05) is 18.2 Å². The van der Waals surface area contributed by atoms with Crippen LogP contribution in [0.4, 0.5) is 9.57 Å². The Balaban J connectivity index is 2.28. The molecule has 0 bridgehead atoms. The van der Waals surface area contributed by atoms with Crippen molar-refractivity contribution in [3.63, 3.8) is 0 Å². The number of benzene rings is 2. The van der Waals surface area contributed by atoms with Gasteiger partial charge >= 0.3 is 10.2 Å². The van der Waals surface area contributed by atoms with Crippen LogP contribution in [0.2, 0.25) is 0 Å². The molecule has 23 heavy (non-hydrogen) atoms. The fraction of sp³-hybridized carbons (Fsp3) is 0. The van der Waals surface area contributed by atoms with Gasteiger partial charge in [0, 0.05) is 23.1 Å². The second-order valence-corrected chi connectivity index (χ2v) is 6.09. The van der Waals surface area contributed by atoms with Crippen molar-refractivity contribution in [1.29, 1.82) is 0 Å². The zero-order valence-corrected chi connectivity index (χ0v) is 12.3. The molecule has 116 valence electrons. The van der Waals surface area contributed by atoms with Crippen LogP contribution in [0.5, 0.6) is 0 Å². The van der Waals surface area contributed by atoms with E-state index < -0.39 is 20.0 Å². The zero-order valence-electron chi connectivity index (χ0n) is 11.5. The SMILES string of the molecule is O=[N+]([O-])c1ccc(-c2nc3ccccc3cc2S(=O)(=O)F)cc1. The van der Waals surface area contributed by atoms with E-state index in [1.807, 2.05) is 0 Å². The molecule has 6 nitrogen and oxygen atoms in total. The number of rotatable bonds is 3. The van der Waals surface area contributed by atoms with Crippen molar-refractivity contribution >= 4 is 26.8 Å². The van der Waals surface area contributed by atoms with E-state index in [2.05, 4.69) is 4.98 Å². The second-order valence-electron chi connectivity index (χ2n) is 4.77. The fourth-order valence-corrected chi connectivity index (χ4v) is 2.89. The number of nitrogens with zero attached hydrogens (tertiary/aromatic N) is 2. The Morgan fingerprint density at radius 1 is 1.04 bits per heavy atom. The monoisotopic (exact) mass is 332 g/mol. The fourth-order valence-electron chi connectivity index (χ4n) is 2.23. The van der Waals surface area contributed by atoms with Gasteiger partial charge in [-0.25, -0.2) is 4.98 Å². The number of aromatic nitrogens is 1. The number of nitro groups is 1. The van der Waals surface area contributed by atoms with E-state index in [-0.39, 0.29) is 16.9 Å². The Labute approximate surface area is 130 Å². The van der Waals surface area contributed by atoms with E-state index in [1.54, 1.807) is 24.3 Å². The summed E-state index contributed by atoms with van der Waals surface area (Å²) in [6, 6.07) is 13.0. The number of fused-ring (bicyclic) bond motifs is 1. The number of para-hydroxylation sites is 1. The first-order valence-corrected chi connectivity index (χ1v) is 7.84. The van der Waals surface area contributed by atoms with E-state index in [4.69, 9.17) is 0 Å². The highest BCUT2D eigenvalue weighted by Crippen LogP contribution is 2.31. The van der Waals surface area contributed by atoms with Gasteiger partial charge < -0.3 is 0 Å². The third kappa shape index (κ3) is 2.88. The predicted molar refractivity (Wildman–Crippen MR) is 82.1 cm³/mol. The summed E-state index contributed by atoms with van der Waals surface area (Å²) in [6.07, 6.45) is 0. The number of nitro benzene ring substituents is 1. The molecule has 3 aromatic rings. The van der Waals surface area contributed by atoms with E-state index in [1.165, 1.54) is 30.3 Å². The molecule has 0 amide bonds. The van der Waals surface area contributed by atoms with Gasteiger partial charge in [-0.3, -0.25) is 10.1 Å². The van der Waals surface area contributed by atoms with Crippen LogP contribution in [0.1, 0.15) is 0 Å². The summed E-state index contributed by atoms with van der Waals surface area (Å²) in [6.45, 7) is 0. The van der Waals surface area contributed by atoms with Crippen molar-refractivity contribution in [2.24, 2.45) is 0 Å². The highest BCUT2D eigenvalue weighted by Gasteiger charge is 2.21. The first-order valence-electron chi connectivity index (χ1n) is 6.45. The lowest BCUT2D eigenvalue weighted by molar-refractivity contribution is -0.384. The molecule has 8 heteroatoms. The molecule has 0 fully saturated rings. The lowest BCUT2D eigenvalue weighted by Crippen LogP contribution is -1.99. The minimum Gasteiger partial charge on any atom is -0.258 e. The van der Waals surface area contributed by atoms with Gasteiger partial charge in [-0.05, 0) is 24.3 Å². The van der Waals surface area contributed by atoms with Crippen LogP contribution in [0.15, 0.2) is 59.5 Å². The number of non-ortho nitro benzene ring substituents is 1. The van der Waals surface area contributed by atoms with Crippen molar-refractivity contribution in [2.75, 3.05) is 0 Å². The summed E-state index contributed by atoms with van der Waals surface area (Å²) in [4.78, 5) is 13.7. The van der Waals surface area contributed by atoms with Crippen LogP contribution in [-0.2, 0) is 10.2 Å². The summed E-state index contributed by atoms with van der Waals surface area (Å²) < 4.78 is 36.5. The standard InChI is InChI=1S/C15H9FN2O4S/c16-23(21,22)14-9-11-3-1-2-4-13(11)17-15(14)10-5-7-12(8-6-10)18(19)20/h1-9H. The van der Waals surface area contributed by atoms with Crippen LogP contribution >= 0.6 is 0 Å². The Morgan fingerprint density at radius 2 is 1.70 bits per heavy atom. The van der Waals surface area contributed by atoms with Crippen molar-refractivity contribution < 1.29 is 17.2 Å². The van der Waals surface area contributed by atoms with Gasteiger partial charge in [0.1, 0.15) is 4.90 Å². The number of pyridine rings is 1. The van der Waals surface area contributed by atoms with Gasteiger partial charge in [0.15, 0.2) is 0 Å². The Kier molecular flexibility index (Phi) is 3.53. The van der Waals surface area contributed by atoms with E-state index in [0.717, 1.165) is 0 Å². The molecule has 0 aliphatic carbocycles. The topological polar surface area (TPSA) is 90.2 Å². The minimum atomic E-state index is -5.00. The van der Waals surface area contributed by atoms with Gasteiger partial charge in [-0.15, -0.1) is 3.89 Å². The quantitative estimate of drug-likeness (QED) is 0.416. The first kappa shape index (κ1) is 15.0. The third-order valence-electron chi connectivity index (χ3n) is 3.30. The van der Waals surface area contributed by atoms with Gasteiger partial charge in [0.25, 0.3) is 5.69 Å². The lowest BCUT2D eigenvalue weighted by atomic mass is 10.1. The number of hydrogen-bond donors (Lipinski definition) is 0. The lowest BCUT2D eigenvalue weighted by Gasteiger charge is -2.08. The maximum Gasteiger partial charge on any atom is 0.334 e. The Bertz CT molecular complexity index is 1020. The summed E-state index contributed by atoms with van der Waals surface area (Å²) >= 11 is 0. The smallest absolute Gasteiger partial charge is 0.258 e. The third-order valence-corrected chi connectivity index (χ3v) is 4.14. The Hall–Kier alpha value is -2.87. The van der Waals surface area contributed by atoms with E-state index >= 15 is 0 Å². The van der Waals surface area contributed by atoms with Crippen molar-refractivity contribution in [1.82, 2.24) is 4.98 Å². The Morgan fingerprint density at radius 3 is 2.30 bits per heavy atom. The largest absolute Gasteiger partial charge is 0.334 e. The number of hydrogen-bond acceptors (Lipinski definition) is 5. The highest BCUT2D eigenvalue weighted by atomic mass is 32.3. The van der Waals surface area contributed by atoms with Gasteiger partial charge in [0.05, 0.1) is 16.1 Å². The molecule has 1 heterocycles. The van der Waals surface area contributed by atoms with Gasteiger partial charge in [-0.2, -0.15) is 8.42 Å². The molecular formula is C15H9FN2O4S. The molecule has 0 radical (unpaired) electrons. The van der Waals surface area contributed by atoms with Crippen molar-refractivity contribution in [3.8, 4) is 11.3 Å². The predicted octanol–water partition coefficient (Wildman–Crippen LogP) is 3.47. The van der Waals surface area contributed by atoms with Crippen LogP contribution < -0.4 is 0 Å². The molecule has 0 spiro atoms. The van der Waals surface area contributed by atoms with E-state index in [0.29, 0.717) is 10.9 Å². The zero-order chi connectivity index (χ0) is 16.6. The molecule has 3 rings (SSSR count). The highest BCUT2D eigenvalue weighted by molar-refractivity contribution is 7.86. The molecule has 0 saturated carbocycles. The van der Waals surface area contributed by atoms with E-state index in [9.17, 15) is 22.4 Å². The maximum atomic E-state index is 13.6. The van der Waals surface area contributed by atoms with Crippen molar-refractivity contribution in [2.45, 2.75) is 4.90 Å².